The molecule has 3 aromatic rings. The number of amides is 2. The van der Waals surface area contributed by atoms with Gasteiger partial charge in [-0.25, -0.2) is 13.8 Å². The summed E-state index contributed by atoms with van der Waals surface area (Å²) in [6.45, 7) is 1.30. The predicted octanol–water partition coefficient (Wildman–Crippen LogP) is 3.51. The number of rotatable bonds is 11. The third-order valence-corrected chi connectivity index (χ3v) is 6.49. The van der Waals surface area contributed by atoms with Crippen LogP contribution in [0.2, 0.25) is 5.02 Å². The Morgan fingerprint density at radius 3 is 2.38 bits per heavy atom. The normalized spacial score (nSPS) is 12.1. The molecule has 0 heterocycles. The van der Waals surface area contributed by atoms with Gasteiger partial charge in [0, 0.05) is 5.02 Å². The molecule has 0 aliphatic heterocycles. The first-order chi connectivity index (χ1) is 17.6. The van der Waals surface area contributed by atoms with Gasteiger partial charge in [-0.15, -0.1) is 0 Å². The minimum absolute atomic E-state index is 0.135. The van der Waals surface area contributed by atoms with E-state index in [1.165, 1.54) is 12.3 Å². The molecule has 0 saturated heterocycles. The molecule has 2 amide bonds. The van der Waals surface area contributed by atoms with Crippen molar-refractivity contribution >= 4 is 45.3 Å². The van der Waals surface area contributed by atoms with Gasteiger partial charge in [-0.2, -0.15) is 5.10 Å². The predicted molar refractivity (Wildman–Crippen MR) is 144 cm³/mol. The Balaban J connectivity index is 1.48. The number of anilines is 1. The van der Waals surface area contributed by atoms with Crippen LogP contribution in [0, 0.1) is 0 Å². The minimum Gasteiger partial charge on any atom is -0.484 e. The number of hydrogen-bond donors (Lipinski definition) is 2. The van der Waals surface area contributed by atoms with Crippen LogP contribution in [0.3, 0.4) is 0 Å². The summed E-state index contributed by atoms with van der Waals surface area (Å²) < 4.78 is 30.8. The standard InChI is InChI=1S/C26H27ClN4O5S/c1-19(21-7-4-3-5-8-21)29-26(33)18-36-24-13-11-20(12-14-24)16-28-30-25(32)17-31(37(2,34)35)23-10-6-9-22(27)15-23/h3-16,19H,17-18H2,1-2H3,(H,29,33)(H,30,32)/b28-16-/t19-/m0/s1. The number of sulfonamides is 1. The van der Waals surface area contributed by atoms with Crippen LogP contribution in [0.1, 0.15) is 24.1 Å². The first-order valence-corrected chi connectivity index (χ1v) is 13.5. The van der Waals surface area contributed by atoms with Crippen molar-refractivity contribution in [3.8, 4) is 5.75 Å². The zero-order chi connectivity index (χ0) is 26.8. The van der Waals surface area contributed by atoms with Crippen LogP contribution in [0.5, 0.6) is 5.75 Å². The molecule has 194 valence electrons. The minimum atomic E-state index is -3.72. The zero-order valence-corrected chi connectivity index (χ0v) is 21.9. The van der Waals surface area contributed by atoms with Gasteiger partial charge >= 0.3 is 0 Å². The van der Waals surface area contributed by atoms with E-state index in [0.717, 1.165) is 16.1 Å². The molecule has 0 aromatic heterocycles. The molecule has 2 N–H and O–H groups in total. The van der Waals surface area contributed by atoms with Gasteiger partial charge < -0.3 is 10.1 Å². The number of carbonyl (C=O) groups is 2. The Morgan fingerprint density at radius 1 is 1.03 bits per heavy atom. The summed E-state index contributed by atoms with van der Waals surface area (Å²) in [5.74, 6) is -0.378. The van der Waals surface area contributed by atoms with Gasteiger partial charge in [-0.1, -0.05) is 48.0 Å². The van der Waals surface area contributed by atoms with Crippen LogP contribution in [0.15, 0.2) is 84.0 Å². The van der Waals surface area contributed by atoms with Crippen molar-refractivity contribution in [2.45, 2.75) is 13.0 Å². The van der Waals surface area contributed by atoms with Crippen LogP contribution in [0.4, 0.5) is 5.69 Å². The average molecular weight is 543 g/mol. The Bertz CT molecular complexity index is 1350. The van der Waals surface area contributed by atoms with Crippen LogP contribution >= 0.6 is 11.6 Å². The van der Waals surface area contributed by atoms with E-state index in [-0.39, 0.29) is 24.2 Å². The lowest BCUT2D eigenvalue weighted by atomic mass is 10.1. The summed E-state index contributed by atoms with van der Waals surface area (Å²) in [5, 5.41) is 7.10. The summed E-state index contributed by atoms with van der Waals surface area (Å²) in [5.41, 5.74) is 4.24. The molecule has 0 bridgehead atoms. The number of nitrogens with one attached hydrogen (secondary N) is 2. The van der Waals surface area contributed by atoms with Gasteiger partial charge in [0.1, 0.15) is 12.3 Å². The fourth-order valence-corrected chi connectivity index (χ4v) is 4.32. The topological polar surface area (TPSA) is 117 Å². The van der Waals surface area contributed by atoms with Crippen molar-refractivity contribution in [1.82, 2.24) is 10.7 Å². The molecule has 3 rings (SSSR count). The first kappa shape index (κ1) is 27.7. The summed E-state index contributed by atoms with van der Waals surface area (Å²) >= 11 is 5.94. The van der Waals surface area contributed by atoms with E-state index in [2.05, 4.69) is 15.8 Å². The van der Waals surface area contributed by atoms with Crippen molar-refractivity contribution < 1.29 is 22.7 Å². The number of benzene rings is 3. The molecule has 0 spiro atoms. The Kier molecular flexibility index (Phi) is 9.64. The van der Waals surface area contributed by atoms with E-state index in [9.17, 15) is 18.0 Å². The smallest absolute Gasteiger partial charge is 0.260 e. The maximum atomic E-state index is 12.3. The monoisotopic (exact) mass is 542 g/mol. The molecule has 0 aliphatic rings. The lowest BCUT2D eigenvalue weighted by Crippen LogP contribution is -2.39. The second kappa shape index (κ2) is 12.9. The van der Waals surface area contributed by atoms with Crippen molar-refractivity contribution in [2.24, 2.45) is 5.10 Å². The summed E-state index contributed by atoms with van der Waals surface area (Å²) in [6.07, 6.45) is 2.40. The first-order valence-electron chi connectivity index (χ1n) is 11.2. The SMILES string of the molecule is C[C@H](NC(=O)COc1ccc(/C=N\NC(=O)CN(c2cccc(Cl)c2)S(C)(=O)=O)cc1)c1ccccc1. The van der Waals surface area contributed by atoms with E-state index >= 15 is 0 Å². The van der Waals surface area contributed by atoms with Gasteiger partial charge in [0.25, 0.3) is 11.8 Å². The van der Waals surface area contributed by atoms with Crippen molar-refractivity contribution in [3.63, 3.8) is 0 Å². The van der Waals surface area contributed by atoms with Gasteiger partial charge in [-0.05, 0) is 60.5 Å². The molecule has 0 fully saturated rings. The highest BCUT2D eigenvalue weighted by molar-refractivity contribution is 7.92. The zero-order valence-electron chi connectivity index (χ0n) is 20.3. The second-order valence-corrected chi connectivity index (χ2v) is 10.4. The number of ether oxygens (including phenoxy) is 1. The number of carbonyl (C=O) groups excluding carboxylic acids is 2. The van der Waals surface area contributed by atoms with E-state index in [1.807, 2.05) is 37.3 Å². The van der Waals surface area contributed by atoms with Crippen LogP contribution in [0.25, 0.3) is 0 Å². The van der Waals surface area contributed by atoms with Crippen LogP contribution in [-0.2, 0) is 19.6 Å². The summed E-state index contributed by atoms with van der Waals surface area (Å²) in [7, 11) is -3.72. The molecule has 1 atom stereocenters. The molecule has 37 heavy (non-hydrogen) atoms. The van der Waals surface area contributed by atoms with E-state index in [4.69, 9.17) is 16.3 Å². The second-order valence-electron chi connectivity index (χ2n) is 8.10. The van der Waals surface area contributed by atoms with Crippen molar-refractivity contribution in [1.29, 1.82) is 0 Å². The molecular formula is C26H27ClN4O5S. The highest BCUT2D eigenvalue weighted by atomic mass is 35.5. The largest absolute Gasteiger partial charge is 0.484 e. The number of hydrazone groups is 1. The fraction of sp³-hybridized carbons (Fsp3) is 0.192. The van der Waals surface area contributed by atoms with Gasteiger partial charge in [0.05, 0.1) is 24.2 Å². The molecule has 0 unspecified atom stereocenters. The maximum Gasteiger partial charge on any atom is 0.260 e. The lowest BCUT2D eigenvalue weighted by Gasteiger charge is -2.21. The third kappa shape index (κ3) is 8.93. The number of halogens is 1. The maximum absolute atomic E-state index is 12.3. The summed E-state index contributed by atoms with van der Waals surface area (Å²) in [6, 6.07) is 22.4. The average Bonchev–Trinajstić information content (AvgIpc) is 2.86. The van der Waals surface area contributed by atoms with Gasteiger partial charge in [-0.3, -0.25) is 13.9 Å². The number of nitrogens with zero attached hydrogens (tertiary/aromatic N) is 2. The molecule has 3 aromatic carbocycles. The van der Waals surface area contributed by atoms with Gasteiger partial charge in [0.15, 0.2) is 6.61 Å². The Morgan fingerprint density at radius 2 is 1.73 bits per heavy atom. The fourth-order valence-electron chi connectivity index (χ4n) is 3.28. The molecule has 0 radical (unpaired) electrons. The molecule has 11 heteroatoms. The molecule has 0 saturated carbocycles. The molecular weight excluding hydrogens is 516 g/mol. The lowest BCUT2D eigenvalue weighted by molar-refractivity contribution is -0.123. The van der Waals surface area contributed by atoms with E-state index < -0.39 is 22.5 Å². The molecule has 9 nitrogen and oxygen atoms in total. The van der Waals surface area contributed by atoms with Gasteiger partial charge in [0.2, 0.25) is 10.0 Å². The quantitative estimate of drug-likeness (QED) is 0.284. The van der Waals surface area contributed by atoms with E-state index in [1.54, 1.807) is 42.5 Å². The van der Waals surface area contributed by atoms with E-state index in [0.29, 0.717) is 16.3 Å². The third-order valence-electron chi connectivity index (χ3n) is 5.11. The number of hydrogen-bond acceptors (Lipinski definition) is 6. The summed E-state index contributed by atoms with van der Waals surface area (Å²) in [4.78, 5) is 24.5. The highest BCUT2D eigenvalue weighted by Crippen LogP contribution is 2.21. The molecule has 0 aliphatic carbocycles. The van der Waals surface area contributed by atoms with Crippen molar-refractivity contribution in [2.75, 3.05) is 23.7 Å². The van der Waals surface area contributed by atoms with Crippen LogP contribution < -0.4 is 19.8 Å². The van der Waals surface area contributed by atoms with Crippen LogP contribution in [-0.4, -0.2) is 45.9 Å². The van der Waals surface area contributed by atoms with Crippen molar-refractivity contribution in [3.05, 3.63) is 95.0 Å². The highest BCUT2D eigenvalue weighted by Gasteiger charge is 2.21. The Labute approximate surface area is 221 Å². The Hall–Kier alpha value is -3.89.